The van der Waals surface area contributed by atoms with Crippen LogP contribution in [0, 0.1) is 17.8 Å². The van der Waals surface area contributed by atoms with E-state index in [9.17, 15) is 9.59 Å². The smallest absolute Gasteiger partial charge is 0.305 e. The second kappa shape index (κ2) is 7.64. The molecule has 1 amide bonds. The summed E-state index contributed by atoms with van der Waals surface area (Å²) in [5, 5.41) is 0. The van der Waals surface area contributed by atoms with Gasteiger partial charge < -0.3 is 19.1 Å². The summed E-state index contributed by atoms with van der Waals surface area (Å²) >= 11 is 0. The van der Waals surface area contributed by atoms with Gasteiger partial charge in [-0.25, -0.2) is 0 Å². The monoisotopic (exact) mass is 387 g/mol. The first-order valence-electron chi connectivity index (χ1n) is 10.2. The molecule has 0 unspecified atom stereocenters. The van der Waals surface area contributed by atoms with Crippen molar-refractivity contribution in [2.75, 3.05) is 27.9 Å². The summed E-state index contributed by atoms with van der Waals surface area (Å²) in [5.74, 6) is 2.13. The van der Waals surface area contributed by atoms with E-state index in [0.29, 0.717) is 12.3 Å². The molecule has 2 fully saturated rings. The van der Waals surface area contributed by atoms with E-state index in [4.69, 9.17) is 14.2 Å². The highest BCUT2D eigenvalue weighted by Crippen LogP contribution is 2.54. The van der Waals surface area contributed by atoms with E-state index in [-0.39, 0.29) is 29.8 Å². The Morgan fingerprint density at radius 1 is 1.14 bits per heavy atom. The number of methoxy groups -OCH3 is 3. The number of carbonyl (C=O) groups is 2. The van der Waals surface area contributed by atoms with Crippen molar-refractivity contribution in [1.29, 1.82) is 0 Å². The van der Waals surface area contributed by atoms with Gasteiger partial charge in [-0.3, -0.25) is 9.59 Å². The molecule has 4 rings (SSSR count). The van der Waals surface area contributed by atoms with Crippen LogP contribution in [0.15, 0.2) is 12.1 Å². The summed E-state index contributed by atoms with van der Waals surface area (Å²) in [6, 6.07) is 4.25. The van der Waals surface area contributed by atoms with Crippen LogP contribution in [0.25, 0.3) is 0 Å². The van der Waals surface area contributed by atoms with Gasteiger partial charge in [0.1, 0.15) is 0 Å². The molecule has 0 spiro atoms. The van der Waals surface area contributed by atoms with Crippen molar-refractivity contribution >= 4 is 11.9 Å². The van der Waals surface area contributed by atoms with Gasteiger partial charge in [-0.2, -0.15) is 0 Å². The number of carbonyl (C=O) groups excluding carboxylic acids is 2. The average Bonchev–Trinajstić information content (AvgIpc) is 3.03. The lowest BCUT2D eigenvalue weighted by atomic mass is 9.68. The zero-order chi connectivity index (χ0) is 19.8. The normalized spacial score (nSPS) is 28.2. The second-order valence-corrected chi connectivity index (χ2v) is 8.13. The molecule has 6 nitrogen and oxygen atoms in total. The second-order valence-electron chi connectivity index (χ2n) is 8.13. The summed E-state index contributed by atoms with van der Waals surface area (Å²) in [5.41, 5.74) is 2.46. The Balaban J connectivity index is 1.65. The van der Waals surface area contributed by atoms with Crippen molar-refractivity contribution < 1.29 is 23.8 Å². The number of hydrogen-bond acceptors (Lipinski definition) is 5. The Hall–Kier alpha value is -2.24. The lowest BCUT2D eigenvalue weighted by Crippen LogP contribution is -2.36. The van der Waals surface area contributed by atoms with Gasteiger partial charge in [0, 0.05) is 18.9 Å². The molecule has 1 saturated heterocycles. The molecular formula is C22H29NO5. The van der Waals surface area contributed by atoms with E-state index in [1.54, 1.807) is 14.2 Å². The fourth-order valence-corrected chi connectivity index (χ4v) is 5.67. The quantitative estimate of drug-likeness (QED) is 0.727. The molecule has 3 aliphatic rings. The Kier molecular flexibility index (Phi) is 5.21. The van der Waals surface area contributed by atoms with Crippen LogP contribution in [-0.4, -0.2) is 44.7 Å². The number of ether oxygens (including phenoxy) is 3. The summed E-state index contributed by atoms with van der Waals surface area (Å²) < 4.78 is 15.8. The van der Waals surface area contributed by atoms with E-state index in [1.807, 2.05) is 0 Å². The topological polar surface area (TPSA) is 65.1 Å². The molecule has 152 valence electrons. The van der Waals surface area contributed by atoms with Gasteiger partial charge in [0.15, 0.2) is 11.5 Å². The molecule has 4 atom stereocenters. The van der Waals surface area contributed by atoms with Gasteiger partial charge >= 0.3 is 5.97 Å². The summed E-state index contributed by atoms with van der Waals surface area (Å²) in [6.45, 7) is 0.753. The predicted octanol–water partition coefficient (Wildman–Crippen LogP) is 3.13. The number of amides is 1. The van der Waals surface area contributed by atoms with Gasteiger partial charge in [-0.1, -0.05) is 6.42 Å². The minimum atomic E-state index is -0.188. The van der Waals surface area contributed by atoms with Crippen molar-refractivity contribution in [2.24, 2.45) is 17.8 Å². The van der Waals surface area contributed by atoms with E-state index in [0.717, 1.165) is 50.1 Å². The Labute approximate surface area is 166 Å². The number of rotatable bonds is 5. The first kappa shape index (κ1) is 19.1. The summed E-state index contributed by atoms with van der Waals surface area (Å²) in [4.78, 5) is 27.1. The molecule has 0 N–H and O–H groups in total. The van der Waals surface area contributed by atoms with Gasteiger partial charge in [0.05, 0.1) is 27.4 Å². The van der Waals surface area contributed by atoms with Gasteiger partial charge in [0.2, 0.25) is 5.91 Å². The van der Waals surface area contributed by atoms with E-state index < -0.39 is 0 Å². The molecule has 28 heavy (non-hydrogen) atoms. The molecule has 0 bridgehead atoms. The summed E-state index contributed by atoms with van der Waals surface area (Å²) in [7, 11) is 4.73. The largest absolute Gasteiger partial charge is 0.493 e. The molecule has 2 heterocycles. The minimum Gasteiger partial charge on any atom is -0.493 e. The molecule has 6 heteroatoms. The fraction of sp³-hybridized carbons (Fsp3) is 0.636. The number of nitrogens with zero attached hydrogens (tertiary/aromatic N) is 1. The molecule has 1 aliphatic carbocycles. The number of benzene rings is 1. The van der Waals surface area contributed by atoms with E-state index >= 15 is 0 Å². The van der Waals surface area contributed by atoms with Crippen LogP contribution in [0.1, 0.15) is 49.3 Å². The molecule has 1 aromatic carbocycles. The van der Waals surface area contributed by atoms with Crippen LogP contribution in [0.3, 0.4) is 0 Å². The molecule has 2 aliphatic heterocycles. The molecule has 0 radical (unpaired) electrons. The maximum atomic E-state index is 13.3. The number of hydrogen-bond donors (Lipinski definition) is 0. The zero-order valence-electron chi connectivity index (χ0n) is 16.9. The highest BCUT2D eigenvalue weighted by molar-refractivity contribution is 5.83. The maximum Gasteiger partial charge on any atom is 0.305 e. The molecule has 1 saturated carbocycles. The summed E-state index contributed by atoms with van der Waals surface area (Å²) in [6.07, 6.45) is 5.14. The van der Waals surface area contributed by atoms with Gasteiger partial charge in [-0.15, -0.1) is 0 Å². The number of fused-ring (bicyclic) bond motifs is 5. The molecular weight excluding hydrogens is 358 g/mol. The van der Waals surface area contributed by atoms with E-state index in [1.165, 1.54) is 18.2 Å². The van der Waals surface area contributed by atoms with E-state index in [2.05, 4.69) is 17.0 Å². The maximum absolute atomic E-state index is 13.3. The third-order valence-electron chi connectivity index (χ3n) is 6.92. The van der Waals surface area contributed by atoms with Crippen LogP contribution < -0.4 is 9.47 Å². The van der Waals surface area contributed by atoms with Crippen molar-refractivity contribution in [2.45, 2.75) is 44.6 Å². The fourth-order valence-electron chi connectivity index (χ4n) is 5.67. The van der Waals surface area contributed by atoms with Crippen LogP contribution in [0.5, 0.6) is 11.5 Å². The van der Waals surface area contributed by atoms with Gasteiger partial charge in [0.25, 0.3) is 0 Å². The minimum absolute atomic E-state index is 0.0162. The van der Waals surface area contributed by atoms with Crippen molar-refractivity contribution in [1.82, 2.24) is 4.90 Å². The highest BCUT2D eigenvalue weighted by atomic mass is 16.5. The van der Waals surface area contributed by atoms with Crippen LogP contribution >= 0.6 is 0 Å². The first-order chi connectivity index (χ1) is 13.6. The zero-order valence-corrected chi connectivity index (χ0v) is 16.9. The molecule has 0 aromatic heterocycles. The Morgan fingerprint density at radius 3 is 2.61 bits per heavy atom. The SMILES string of the molecule is COC(=O)CC[C@@H]1CCC[C@H]2[C@@H]1C(=O)N1CCc3cc(OC)c(OC)cc3[C@H]21. The average molecular weight is 387 g/mol. The molecule has 1 aromatic rings. The third-order valence-corrected chi connectivity index (χ3v) is 6.92. The van der Waals surface area contributed by atoms with Crippen LogP contribution in [0.4, 0.5) is 0 Å². The van der Waals surface area contributed by atoms with Crippen molar-refractivity contribution in [3.63, 3.8) is 0 Å². The van der Waals surface area contributed by atoms with Crippen molar-refractivity contribution in [3.8, 4) is 11.5 Å². The lowest BCUT2D eigenvalue weighted by Gasteiger charge is -2.37. The van der Waals surface area contributed by atoms with Crippen molar-refractivity contribution in [3.05, 3.63) is 23.3 Å². The van der Waals surface area contributed by atoms with Crippen LogP contribution in [-0.2, 0) is 20.7 Å². The number of esters is 1. The first-order valence-corrected chi connectivity index (χ1v) is 10.2. The Morgan fingerprint density at radius 2 is 1.89 bits per heavy atom. The van der Waals surface area contributed by atoms with Crippen LogP contribution in [0.2, 0.25) is 0 Å². The Bertz CT molecular complexity index is 776. The predicted molar refractivity (Wildman–Crippen MR) is 103 cm³/mol. The van der Waals surface area contributed by atoms with Gasteiger partial charge in [-0.05, 0) is 60.8 Å². The standard InChI is InChI=1S/C22H29NO5/c1-26-17-11-14-9-10-23-21(16(14)12-18(17)27-2)15-6-4-5-13(20(15)22(23)25)7-8-19(24)28-3/h11-13,15,20-21H,4-10H2,1-3H3/t13-,15-,20+,21-/m0/s1. The highest BCUT2D eigenvalue weighted by Gasteiger charge is 2.54. The lowest BCUT2D eigenvalue weighted by molar-refractivity contribution is -0.142. The third kappa shape index (κ3) is 3.03.